The van der Waals surface area contributed by atoms with Crippen LogP contribution in [0.4, 0.5) is 0 Å². The van der Waals surface area contributed by atoms with Gasteiger partial charge in [0.1, 0.15) is 12.4 Å². The van der Waals surface area contributed by atoms with Gasteiger partial charge < -0.3 is 9.84 Å². The molecule has 0 unspecified atom stereocenters. The molecule has 4 rings (SSSR count). The van der Waals surface area contributed by atoms with Crippen molar-refractivity contribution in [3.05, 3.63) is 102 Å². The number of hydrogen-bond acceptors (Lipinski definition) is 5. The molecule has 0 spiro atoms. The first kappa shape index (κ1) is 26.9. The first-order valence-electron chi connectivity index (χ1n) is 11.2. The number of benzene rings is 3. The Morgan fingerprint density at radius 1 is 1.11 bits per heavy atom. The second-order valence-corrected chi connectivity index (χ2v) is 11.0. The molecule has 0 aliphatic rings. The van der Waals surface area contributed by atoms with Gasteiger partial charge in [0.25, 0.3) is 5.56 Å². The fraction of sp³-hybridized carbons (Fsp3) is 0.185. The Labute approximate surface area is 231 Å². The van der Waals surface area contributed by atoms with E-state index in [1.54, 1.807) is 36.4 Å². The molecule has 10 heteroatoms. The fourth-order valence-corrected chi connectivity index (χ4v) is 4.53. The summed E-state index contributed by atoms with van der Waals surface area (Å²) in [7, 11) is 0. The van der Waals surface area contributed by atoms with Crippen LogP contribution in [0.1, 0.15) is 48.1 Å². The highest BCUT2D eigenvalue weighted by Gasteiger charge is 2.23. The minimum absolute atomic E-state index is 0.148. The molecule has 37 heavy (non-hydrogen) atoms. The van der Waals surface area contributed by atoms with Crippen LogP contribution in [0.2, 0.25) is 10.0 Å². The maximum Gasteiger partial charge on any atom is 0.335 e. The van der Waals surface area contributed by atoms with Crippen LogP contribution >= 0.6 is 39.1 Å². The molecular formula is C27H22BrCl2N3O4. The highest BCUT2D eigenvalue weighted by molar-refractivity contribution is 9.10. The first-order chi connectivity index (χ1) is 17.4. The van der Waals surface area contributed by atoms with Crippen LogP contribution < -0.4 is 10.3 Å². The molecule has 0 saturated carbocycles. The quantitative estimate of drug-likeness (QED) is 0.242. The van der Waals surface area contributed by atoms with Gasteiger partial charge in [0.05, 0.1) is 32.7 Å². The smallest absolute Gasteiger partial charge is 0.335 e. The second-order valence-electron chi connectivity index (χ2n) is 9.31. The van der Waals surface area contributed by atoms with Gasteiger partial charge in [-0.15, -0.1) is 0 Å². The van der Waals surface area contributed by atoms with Crippen molar-refractivity contribution in [3.8, 4) is 5.75 Å². The van der Waals surface area contributed by atoms with E-state index >= 15 is 0 Å². The van der Waals surface area contributed by atoms with Crippen LogP contribution in [0.15, 0.2) is 69.0 Å². The number of fused-ring (bicyclic) bond motifs is 1. The SMILES string of the molecule is CC(C)(C)c1nc2ccc(Br)cc2c(=O)n1N=Cc1cc(Cl)c(OCc2ccc(C(=O)O)cc2)c(Cl)c1. The molecule has 0 amide bonds. The zero-order valence-corrected chi connectivity index (χ0v) is 23.2. The highest BCUT2D eigenvalue weighted by atomic mass is 79.9. The van der Waals surface area contributed by atoms with Gasteiger partial charge in [-0.25, -0.2) is 9.78 Å². The highest BCUT2D eigenvalue weighted by Crippen LogP contribution is 2.34. The lowest BCUT2D eigenvalue weighted by Gasteiger charge is -2.20. The Morgan fingerprint density at radius 2 is 1.76 bits per heavy atom. The van der Waals surface area contributed by atoms with Crippen LogP contribution in [0.3, 0.4) is 0 Å². The largest absolute Gasteiger partial charge is 0.486 e. The van der Waals surface area contributed by atoms with E-state index in [1.807, 2.05) is 26.8 Å². The molecule has 1 aromatic heterocycles. The normalized spacial score (nSPS) is 11.8. The van der Waals surface area contributed by atoms with E-state index in [0.29, 0.717) is 22.3 Å². The summed E-state index contributed by atoms with van der Waals surface area (Å²) >= 11 is 16.3. The number of ether oxygens (including phenoxy) is 1. The van der Waals surface area contributed by atoms with Crippen molar-refractivity contribution in [2.75, 3.05) is 0 Å². The number of aromatic carboxylic acids is 1. The Hall–Kier alpha value is -3.20. The summed E-state index contributed by atoms with van der Waals surface area (Å²) in [5.74, 6) is -0.206. The molecule has 1 N–H and O–H groups in total. The summed E-state index contributed by atoms with van der Waals surface area (Å²) < 4.78 is 7.85. The summed E-state index contributed by atoms with van der Waals surface area (Å²) in [4.78, 5) is 29.0. The molecule has 190 valence electrons. The maximum atomic E-state index is 13.3. The van der Waals surface area contributed by atoms with Crippen LogP contribution in [-0.2, 0) is 12.0 Å². The Bertz CT molecular complexity index is 1570. The summed E-state index contributed by atoms with van der Waals surface area (Å²) in [5, 5.41) is 14.4. The van der Waals surface area contributed by atoms with Gasteiger partial charge in [-0.3, -0.25) is 4.79 Å². The summed E-state index contributed by atoms with van der Waals surface area (Å²) in [6.07, 6.45) is 1.49. The third-order valence-electron chi connectivity index (χ3n) is 5.41. The molecule has 0 bridgehead atoms. The van der Waals surface area contributed by atoms with Gasteiger partial charge in [-0.2, -0.15) is 9.78 Å². The minimum Gasteiger partial charge on any atom is -0.486 e. The molecule has 0 aliphatic carbocycles. The molecule has 1 heterocycles. The number of carboxylic acids is 1. The molecule has 0 saturated heterocycles. The van der Waals surface area contributed by atoms with Gasteiger partial charge in [0.15, 0.2) is 5.75 Å². The number of hydrogen-bond donors (Lipinski definition) is 1. The van der Waals surface area contributed by atoms with Crippen molar-refractivity contribution in [1.82, 2.24) is 9.66 Å². The standard InChI is InChI=1S/C27H22BrCl2N3O4/c1-27(2,3)26-32-22-9-8-18(28)12-19(22)24(34)33(26)31-13-16-10-20(29)23(21(30)11-16)37-14-15-4-6-17(7-5-15)25(35)36/h4-13H,14H2,1-3H3,(H,35,36). The summed E-state index contributed by atoms with van der Waals surface area (Å²) in [6, 6.07) is 14.9. The van der Waals surface area contributed by atoms with E-state index in [4.69, 9.17) is 38.0 Å². The number of carbonyl (C=O) groups is 1. The van der Waals surface area contributed by atoms with E-state index in [9.17, 15) is 9.59 Å². The summed E-state index contributed by atoms with van der Waals surface area (Å²) in [5.41, 5.74) is 1.36. The molecule has 0 aliphatic heterocycles. The number of aromatic nitrogens is 2. The Morgan fingerprint density at radius 3 is 2.35 bits per heavy atom. The predicted octanol–water partition coefficient (Wildman–Crippen LogP) is 6.92. The second kappa shape index (κ2) is 10.7. The molecule has 7 nitrogen and oxygen atoms in total. The fourth-order valence-electron chi connectivity index (χ4n) is 3.56. The van der Waals surface area contributed by atoms with Gasteiger partial charge >= 0.3 is 5.97 Å². The lowest BCUT2D eigenvalue weighted by atomic mass is 9.95. The van der Waals surface area contributed by atoms with E-state index in [2.05, 4.69) is 21.0 Å². The van der Waals surface area contributed by atoms with Gasteiger partial charge in [0.2, 0.25) is 0 Å². The van der Waals surface area contributed by atoms with E-state index in [0.717, 1.165) is 10.0 Å². The van der Waals surface area contributed by atoms with Crippen LogP contribution in [-0.4, -0.2) is 27.0 Å². The summed E-state index contributed by atoms with van der Waals surface area (Å²) in [6.45, 7) is 6.02. The average Bonchev–Trinajstić information content (AvgIpc) is 2.83. The zero-order chi connectivity index (χ0) is 26.9. The van der Waals surface area contributed by atoms with Crippen molar-refractivity contribution >= 4 is 62.2 Å². The molecule has 0 radical (unpaired) electrons. The van der Waals surface area contributed by atoms with E-state index < -0.39 is 11.4 Å². The van der Waals surface area contributed by atoms with Crippen molar-refractivity contribution in [2.45, 2.75) is 32.8 Å². The van der Waals surface area contributed by atoms with Crippen molar-refractivity contribution in [3.63, 3.8) is 0 Å². The predicted molar refractivity (Wildman–Crippen MR) is 150 cm³/mol. The number of rotatable bonds is 6. The minimum atomic E-state index is -1.000. The van der Waals surface area contributed by atoms with Gasteiger partial charge in [-0.05, 0) is 53.6 Å². The van der Waals surface area contributed by atoms with Crippen LogP contribution in [0.25, 0.3) is 10.9 Å². The molecule has 0 atom stereocenters. The zero-order valence-electron chi connectivity index (χ0n) is 20.1. The van der Waals surface area contributed by atoms with Crippen molar-refractivity contribution in [1.29, 1.82) is 0 Å². The van der Waals surface area contributed by atoms with Crippen molar-refractivity contribution < 1.29 is 14.6 Å². The van der Waals surface area contributed by atoms with Crippen molar-refractivity contribution in [2.24, 2.45) is 5.10 Å². The first-order valence-corrected chi connectivity index (χ1v) is 12.7. The van der Waals surface area contributed by atoms with Crippen LogP contribution in [0.5, 0.6) is 5.75 Å². The number of carboxylic acid groups (broad SMARTS) is 1. The van der Waals surface area contributed by atoms with Gasteiger partial charge in [0, 0.05) is 9.89 Å². The number of halogens is 3. The topological polar surface area (TPSA) is 93.8 Å². The van der Waals surface area contributed by atoms with E-state index in [-0.39, 0.29) is 33.5 Å². The van der Waals surface area contributed by atoms with Gasteiger partial charge in [-0.1, -0.05) is 72.0 Å². The Balaban J connectivity index is 1.64. The number of nitrogens with zero attached hydrogens (tertiary/aromatic N) is 3. The molecular weight excluding hydrogens is 581 g/mol. The lowest BCUT2D eigenvalue weighted by Crippen LogP contribution is -2.29. The Kier molecular flexibility index (Phi) is 7.73. The maximum absolute atomic E-state index is 13.3. The third kappa shape index (κ3) is 6.04. The molecule has 4 aromatic rings. The monoisotopic (exact) mass is 601 g/mol. The average molecular weight is 603 g/mol. The molecule has 0 fully saturated rings. The molecule has 3 aromatic carbocycles. The van der Waals surface area contributed by atoms with Crippen LogP contribution in [0, 0.1) is 0 Å². The lowest BCUT2D eigenvalue weighted by molar-refractivity contribution is 0.0697. The third-order valence-corrected chi connectivity index (χ3v) is 6.46. The van der Waals surface area contributed by atoms with E-state index in [1.165, 1.54) is 23.0 Å².